The number of esters is 1. The van der Waals surface area contributed by atoms with Crippen LogP contribution in [-0.2, 0) is 14.3 Å². The summed E-state index contributed by atoms with van der Waals surface area (Å²) in [6.07, 6.45) is 2.32. The van der Waals surface area contributed by atoms with Crippen molar-refractivity contribution in [3.8, 4) is 0 Å². The molecule has 0 saturated heterocycles. The van der Waals surface area contributed by atoms with E-state index < -0.39 is 5.97 Å². The first kappa shape index (κ1) is 14.6. The minimum atomic E-state index is -0.407. The second-order valence-corrected chi connectivity index (χ2v) is 4.43. The van der Waals surface area contributed by atoms with Crippen molar-refractivity contribution in [1.82, 2.24) is 0 Å². The first-order valence-electron chi connectivity index (χ1n) is 5.33. The van der Waals surface area contributed by atoms with E-state index in [0.717, 1.165) is 18.2 Å². The van der Waals surface area contributed by atoms with Crippen LogP contribution in [0.4, 0.5) is 0 Å². The highest BCUT2D eigenvalue weighted by Crippen LogP contribution is 2.12. The lowest BCUT2D eigenvalue weighted by molar-refractivity contribution is -0.145. The van der Waals surface area contributed by atoms with E-state index in [0.29, 0.717) is 18.9 Å². The van der Waals surface area contributed by atoms with Crippen LogP contribution in [0.2, 0.25) is 0 Å². The molecular weight excluding hydrogens is 260 g/mol. The van der Waals surface area contributed by atoms with Crippen LogP contribution in [-0.4, -0.2) is 23.7 Å². The number of hydrogen-bond donors (Lipinski definition) is 0. The number of carbonyl (C=O) groups is 2. The van der Waals surface area contributed by atoms with Crippen molar-refractivity contribution in [2.45, 2.75) is 39.5 Å². The van der Waals surface area contributed by atoms with Crippen molar-refractivity contribution < 1.29 is 14.3 Å². The maximum atomic E-state index is 11.3. The zero-order valence-corrected chi connectivity index (χ0v) is 11.0. The van der Waals surface area contributed by atoms with E-state index in [4.69, 9.17) is 4.74 Å². The molecule has 0 spiro atoms. The van der Waals surface area contributed by atoms with Gasteiger partial charge in [-0.25, -0.2) is 0 Å². The van der Waals surface area contributed by atoms with Gasteiger partial charge in [-0.15, -0.1) is 0 Å². The molecule has 0 radical (unpaired) electrons. The third kappa shape index (κ3) is 8.60. The van der Waals surface area contributed by atoms with Gasteiger partial charge in [-0.3, -0.25) is 9.59 Å². The molecule has 0 aromatic heterocycles. The molecule has 15 heavy (non-hydrogen) atoms. The molecule has 0 amide bonds. The zero-order chi connectivity index (χ0) is 11.7. The van der Waals surface area contributed by atoms with Crippen LogP contribution in [0.5, 0.6) is 0 Å². The highest BCUT2D eigenvalue weighted by atomic mass is 79.9. The minimum Gasteiger partial charge on any atom is -0.466 e. The predicted molar refractivity (Wildman–Crippen MR) is 63.1 cm³/mol. The number of halogens is 1. The normalized spacial score (nSPS) is 12.2. The minimum absolute atomic E-state index is 0.0186. The molecule has 0 saturated carbocycles. The van der Waals surface area contributed by atoms with E-state index in [1.54, 1.807) is 6.92 Å². The Morgan fingerprint density at radius 1 is 1.33 bits per heavy atom. The summed E-state index contributed by atoms with van der Waals surface area (Å²) in [5, 5.41) is 0.959. The van der Waals surface area contributed by atoms with Gasteiger partial charge in [0.25, 0.3) is 0 Å². The molecule has 0 fully saturated rings. The van der Waals surface area contributed by atoms with E-state index in [-0.39, 0.29) is 12.2 Å². The molecule has 0 heterocycles. The fraction of sp³-hybridized carbons (Fsp3) is 0.818. The molecule has 0 rings (SSSR count). The van der Waals surface area contributed by atoms with Gasteiger partial charge < -0.3 is 4.74 Å². The SMILES string of the molecule is CCOC(=O)CC(=O)CCC(C)CCBr. The fourth-order valence-corrected chi connectivity index (χ4v) is 1.98. The number of ether oxygens (including phenoxy) is 1. The highest BCUT2D eigenvalue weighted by Gasteiger charge is 2.11. The zero-order valence-electron chi connectivity index (χ0n) is 9.42. The first-order chi connectivity index (χ1) is 7.10. The quantitative estimate of drug-likeness (QED) is 0.390. The van der Waals surface area contributed by atoms with Gasteiger partial charge in [0.2, 0.25) is 0 Å². The van der Waals surface area contributed by atoms with E-state index >= 15 is 0 Å². The summed E-state index contributed by atoms with van der Waals surface area (Å²) in [5.74, 6) is 0.0982. The second-order valence-electron chi connectivity index (χ2n) is 3.64. The third-order valence-corrected chi connectivity index (χ3v) is 2.62. The smallest absolute Gasteiger partial charge is 0.313 e. The highest BCUT2D eigenvalue weighted by molar-refractivity contribution is 9.09. The van der Waals surface area contributed by atoms with Crippen molar-refractivity contribution in [2.24, 2.45) is 5.92 Å². The van der Waals surface area contributed by atoms with Crippen LogP contribution in [0.3, 0.4) is 0 Å². The molecule has 4 heteroatoms. The molecule has 0 N–H and O–H groups in total. The van der Waals surface area contributed by atoms with Crippen LogP contribution >= 0.6 is 15.9 Å². The summed E-state index contributed by atoms with van der Waals surface area (Å²) >= 11 is 3.36. The Hall–Kier alpha value is -0.380. The Kier molecular flexibility index (Phi) is 8.67. The molecular formula is C11H19BrO3. The molecule has 0 aliphatic heterocycles. The van der Waals surface area contributed by atoms with Gasteiger partial charge in [0.15, 0.2) is 0 Å². The monoisotopic (exact) mass is 278 g/mol. The van der Waals surface area contributed by atoms with E-state index in [1.165, 1.54) is 0 Å². The maximum absolute atomic E-state index is 11.3. The molecule has 0 aromatic carbocycles. The number of hydrogen-bond acceptors (Lipinski definition) is 3. The largest absolute Gasteiger partial charge is 0.466 e. The fourth-order valence-electron chi connectivity index (χ4n) is 1.20. The average molecular weight is 279 g/mol. The molecule has 0 aromatic rings. The number of carbonyl (C=O) groups excluding carboxylic acids is 2. The lowest BCUT2D eigenvalue weighted by atomic mass is 10.0. The topological polar surface area (TPSA) is 43.4 Å². The number of ketones is 1. The molecule has 1 unspecified atom stereocenters. The third-order valence-electron chi connectivity index (χ3n) is 2.16. The molecule has 3 nitrogen and oxygen atoms in total. The molecule has 0 aliphatic carbocycles. The van der Waals surface area contributed by atoms with Crippen molar-refractivity contribution in [3.63, 3.8) is 0 Å². The lowest BCUT2D eigenvalue weighted by Crippen LogP contribution is -2.12. The van der Waals surface area contributed by atoms with Crippen molar-refractivity contribution in [3.05, 3.63) is 0 Å². The lowest BCUT2D eigenvalue weighted by Gasteiger charge is -2.08. The van der Waals surface area contributed by atoms with Crippen LogP contribution in [0.15, 0.2) is 0 Å². The number of rotatable bonds is 8. The Bertz CT molecular complexity index is 204. The van der Waals surface area contributed by atoms with Crippen molar-refractivity contribution in [2.75, 3.05) is 11.9 Å². The standard InChI is InChI=1S/C11H19BrO3/c1-3-15-11(14)8-10(13)5-4-9(2)6-7-12/h9H,3-8H2,1-2H3. The van der Waals surface area contributed by atoms with Crippen molar-refractivity contribution in [1.29, 1.82) is 0 Å². The maximum Gasteiger partial charge on any atom is 0.313 e. The van der Waals surface area contributed by atoms with Gasteiger partial charge in [0.05, 0.1) is 6.61 Å². The average Bonchev–Trinajstić information content (AvgIpc) is 2.15. The Morgan fingerprint density at radius 2 is 2.00 bits per heavy atom. The van der Waals surface area contributed by atoms with Crippen LogP contribution < -0.4 is 0 Å². The predicted octanol–water partition coefficient (Wildman–Crippen LogP) is 2.71. The van der Waals surface area contributed by atoms with E-state index in [2.05, 4.69) is 22.9 Å². The van der Waals surface area contributed by atoms with Crippen LogP contribution in [0.25, 0.3) is 0 Å². The van der Waals surface area contributed by atoms with Gasteiger partial charge >= 0.3 is 5.97 Å². The summed E-state index contributed by atoms with van der Waals surface area (Å²) in [6, 6.07) is 0. The Labute approximate surface area is 99.7 Å². The summed E-state index contributed by atoms with van der Waals surface area (Å²) < 4.78 is 4.70. The van der Waals surface area contributed by atoms with Crippen LogP contribution in [0, 0.1) is 5.92 Å². The summed E-state index contributed by atoms with van der Waals surface area (Å²) in [6.45, 7) is 4.19. The number of Topliss-reactive ketones (excluding diaryl/α,β-unsaturated/α-hetero) is 1. The summed E-state index contributed by atoms with van der Waals surface area (Å²) in [7, 11) is 0. The van der Waals surface area contributed by atoms with Gasteiger partial charge in [-0.05, 0) is 25.7 Å². The first-order valence-corrected chi connectivity index (χ1v) is 6.45. The molecule has 0 bridgehead atoms. The van der Waals surface area contributed by atoms with Gasteiger partial charge in [-0.2, -0.15) is 0 Å². The van der Waals surface area contributed by atoms with Gasteiger partial charge in [0.1, 0.15) is 12.2 Å². The molecule has 0 aliphatic rings. The Morgan fingerprint density at radius 3 is 2.53 bits per heavy atom. The summed E-state index contributed by atoms with van der Waals surface area (Å²) in [4.78, 5) is 22.3. The van der Waals surface area contributed by atoms with E-state index in [1.807, 2.05) is 0 Å². The number of alkyl halides is 1. The Balaban J connectivity index is 3.61. The van der Waals surface area contributed by atoms with Gasteiger partial charge in [0, 0.05) is 11.8 Å². The van der Waals surface area contributed by atoms with Gasteiger partial charge in [-0.1, -0.05) is 22.9 Å². The summed E-state index contributed by atoms with van der Waals surface area (Å²) in [5.41, 5.74) is 0. The van der Waals surface area contributed by atoms with Crippen LogP contribution in [0.1, 0.15) is 39.5 Å². The molecule has 88 valence electrons. The van der Waals surface area contributed by atoms with E-state index in [9.17, 15) is 9.59 Å². The second kappa shape index (κ2) is 8.89. The molecule has 1 atom stereocenters. The van der Waals surface area contributed by atoms with Crippen molar-refractivity contribution >= 4 is 27.7 Å².